The van der Waals surface area contributed by atoms with Gasteiger partial charge in [-0.2, -0.15) is 0 Å². The maximum Gasteiger partial charge on any atom is 0.0953 e. The molecule has 0 heterocycles. The molecule has 0 aliphatic rings. The Labute approximate surface area is 105 Å². The summed E-state index contributed by atoms with van der Waals surface area (Å²) in [5.74, 6) is 0. The molecule has 0 amide bonds. The molecule has 0 spiro atoms. The van der Waals surface area contributed by atoms with Crippen molar-refractivity contribution in [2.24, 2.45) is 0 Å². The Morgan fingerprint density at radius 2 is 1.94 bits per heavy atom. The van der Waals surface area contributed by atoms with Gasteiger partial charge in [0.05, 0.1) is 12.7 Å². The van der Waals surface area contributed by atoms with Gasteiger partial charge in [0.25, 0.3) is 0 Å². The van der Waals surface area contributed by atoms with E-state index < -0.39 is 0 Å². The summed E-state index contributed by atoms with van der Waals surface area (Å²) in [6.45, 7) is 11.5. The molecule has 1 aromatic carbocycles. The lowest BCUT2D eigenvalue weighted by atomic mass is 10.1. The van der Waals surface area contributed by atoms with Gasteiger partial charge in [-0.1, -0.05) is 36.4 Å². The summed E-state index contributed by atoms with van der Waals surface area (Å²) in [4.78, 5) is 0. The second kappa shape index (κ2) is 6.58. The first-order valence-electron chi connectivity index (χ1n) is 6.05. The summed E-state index contributed by atoms with van der Waals surface area (Å²) >= 11 is 0. The summed E-state index contributed by atoms with van der Waals surface area (Å²) in [5.41, 5.74) is 1.30. The Morgan fingerprint density at radius 3 is 2.47 bits per heavy atom. The molecule has 0 aliphatic carbocycles. The number of hydrogen-bond donors (Lipinski definition) is 1. The highest BCUT2D eigenvalue weighted by molar-refractivity contribution is 5.18. The van der Waals surface area contributed by atoms with E-state index in [0.717, 1.165) is 6.54 Å². The highest BCUT2D eigenvalue weighted by atomic mass is 16.5. The van der Waals surface area contributed by atoms with Crippen LogP contribution < -0.4 is 5.32 Å². The molecule has 2 heteroatoms. The van der Waals surface area contributed by atoms with Crippen LogP contribution in [-0.4, -0.2) is 18.7 Å². The molecular weight excluding hydrogens is 210 g/mol. The van der Waals surface area contributed by atoms with Crippen LogP contribution in [0.2, 0.25) is 0 Å². The summed E-state index contributed by atoms with van der Waals surface area (Å²) in [6, 6.07) is 10.3. The molecule has 2 nitrogen and oxygen atoms in total. The SMILES string of the molecule is C=CCOC(CNC(C)(C)C)c1ccccc1. The minimum atomic E-state index is 0.0772. The average Bonchev–Trinajstić information content (AvgIpc) is 2.29. The Balaban J connectivity index is 2.64. The summed E-state index contributed by atoms with van der Waals surface area (Å²) in [5, 5.41) is 3.47. The molecule has 0 radical (unpaired) electrons. The maximum absolute atomic E-state index is 5.79. The van der Waals surface area contributed by atoms with E-state index in [1.807, 2.05) is 18.2 Å². The van der Waals surface area contributed by atoms with Crippen molar-refractivity contribution in [1.82, 2.24) is 5.32 Å². The van der Waals surface area contributed by atoms with Crippen molar-refractivity contribution in [3.05, 3.63) is 48.6 Å². The van der Waals surface area contributed by atoms with Crippen molar-refractivity contribution in [3.8, 4) is 0 Å². The van der Waals surface area contributed by atoms with Crippen LogP contribution in [0, 0.1) is 0 Å². The Kier molecular flexibility index (Phi) is 5.39. The largest absolute Gasteiger partial charge is 0.368 e. The van der Waals surface area contributed by atoms with E-state index in [-0.39, 0.29) is 11.6 Å². The van der Waals surface area contributed by atoms with Crippen LogP contribution >= 0.6 is 0 Å². The predicted molar refractivity (Wildman–Crippen MR) is 73.1 cm³/mol. The monoisotopic (exact) mass is 233 g/mol. The van der Waals surface area contributed by atoms with E-state index in [1.165, 1.54) is 5.56 Å². The van der Waals surface area contributed by atoms with Crippen LogP contribution in [0.15, 0.2) is 43.0 Å². The van der Waals surface area contributed by atoms with E-state index >= 15 is 0 Å². The second-order valence-electron chi connectivity index (χ2n) is 5.15. The fraction of sp³-hybridized carbons (Fsp3) is 0.467. The minimum absolute atomic E-state index is 0.0772. The fourth-order valence-electron chi connectivity index (χ4n) is 1.52. The first kappa shape index (κ1) is 13.9. The first-order valence-corrected chi connectivity index (χ1v) is 6.05. The molecule has 0 bridgehead atoms. The molecule has 0 fully saturated rings. The van der Waals surface area contributed by atoms with Crippen LogP contribution in [0.5, 0.6) is 0 Å². The van der Waals surface area contributed by atoms with Crippen molar-refractivity contribution in [3.63, 3.8) is 0 Å². The number of ether oxygens (including phenoxy) is 1. The van der Waals surface area contributed by atoms with Crippen molar-refractivity contribution in [2.45, 2.75) is 32.4 Å². The Morgan fingerprint density at radius 1 is 1.29 bits per heavy atom. The summed E-state index contributed by atoms with van der Waals surface area (Å²) in [6.07, 6.45) is 1.86. The molecule has 1 unspecified atom stereocenters. The smallest absolute Gasteiger partial charge is 0.0953 e. The standard InChI is InChI=1S/C15H23NO/c1-5-11-17-14(12-16-15(2,3)4)13-9-7-6-8-10-13/h5-10,14,16H,1,11-12H2,2-4H3. The van der Waals surface area contributed by atoms with E-state index in [2.05, 4.69) is 44.8 Å². The zero-order chi connectivity index (χ0) is 12.7. The lowest BCUT2D eigenvalue weighted by Gasteiger charge is -2.25. The lowest BCUT2D eigenvalue weighted by molar-refractivity contribution is 0.0687. The number of rotatable bonds is 6. The van der Waals surface area contributed by atoms with Gasteiger partial charge in [-0.3, -0.25) is 0 Å². The molecule has 0 saturated carbocycles. The topological polar surface area (TPSA) is 21.3 Å². The van der Waals surface area contributed by atoms with Gasteiger partial charge in [-0.25, -0.2) is 0 Å². The maximum atomic E-state index is 5.79. The number of benzene rings is 1. The molecule has 17 heavy (non-hydrogen) atoms. The zero-order valence-electron chi connectivity index (χ0n) is 11.1. The van der Waals surface area contributed by atoms with E-state index in [1.54, 1.807) is 6.08 Å². The van der Waals surface area contributed by atoms with Gasteiger partial charge in [0, 0.05) is 12.1 Å². The van der Waals surface area contributed by atoms with Crippen molar-refractivity contribution >= 4 is 0 Å². The van der Waals surface area contributed by atoms with Gasteiger partial charge in [0.2, 0.25) is 0 Å². The second-order valence-corrected chi connectivity index (χ2v) is 5.15. The van der Waals surface area contributed by atoms with Gasteiger partial charge in [-0.05, 0) is 26.3 Å². The summed E-state index contributed by atoms with van der Waals surface area (Å²) in [7, 11) is 0. The van der Waals surface area contributed by atoms with Crippen LogP contribution in [-0.2, 0) is 4.74 Å². The van der Waals surface area contributed by atoms with Gasteiger partial charge in [-0.15, -0.1) is 6.58 Å². The highest BCUT2D eigenvalue weighted by Gasteiger charge is 2.15. The van der Waals surface area contributed by atoms with Crippen LogP contribution in [0.1, 0.15) is 32.4 Å². The van der Waals surface area contributed by atoms with Gasteiger partial charge < -0.3 is 10.1 Å². The molecule has 0 aromatic heterocycles. The van der Waals surface area contributed by atoms with Gasteiger partial charge in [0.15, 0.2) is 0 Å². The first-order chi connectivity index (χ1) is 8.03. The average molecular weight is 233 g/mol. The van der Waals surface area contributed by atoms with Crippen molar-refractivity contribution < 1.29 is 4.74 Å². The van der Waals surface area contributed by atoms with Crippen molar-refractivity contribution in [1.29, 1.82) is 0 Å². The molecule has 1 aromatic rings. The van der Waals surface area contributed by atoms with Crippen molar-refractivity contribution in [2.75, 3.05) is 13.2 Å². The molecule has 1 rings (SSSR count). The molecule has 1 atom stereocenters. The third kappa shape index (κ3) is 5.66. The normalized spacial score (nSPS) is 13.4. The third-order valence-electron chi connectivity index (χ3n) is 2.40. The van der Waals surface area contributed by atoms with Crippen LogP contribution in [0.25, 0.3) is 0 Å². The number of hydrogen-bond acceptors (Lipinski definition) is 2. The molecule has 94 valence electrons. The van der Waals surface area contributed by atoms with Crippen LogP contribution in [0.3, 0.4) is 0 Å². The number of nitrogens with one attached hydrogen (secondary N) is 1. The van der Waals surface area contributed by atoms with Gasteiger partial charge >= 0.3 is 0 Å². The Hall–Kier alpha value is -1.12. The van der Waals surface area contributed by atoms with E-state index in [9.17, 15) is 0 Å². The van der Waals surface area contributed by atoms with E-state index in [4.69, 9.17) is 4.74 Å². The summed E-state index contributed by atoms with van der Waals surface area (Å²) < 4.78 is 5.79. The Bertz CT molecular complexity index is 327. The zero-order valence-corrected chi connectivity index (χ0v) is 11.1. The fourth-order valence-corrected chi connectivity index (χ4v) is 1.52. The third-order valence-corrected chi connectivity index (χ3v) is 2.40. The minimum Gasteiger partial charge on any atom is -0.368 e. The predicted octanol–water partition coefficient (Wildman–Crippen LogP) is 3.32. The lowest BCUT2D eigenvalue weighted by Crippen LogP contribution is -2.39. The van der Waals surface area contributed by atoms with E-state index in [0.29, 0.717) is 6.61 Å². The van der Waals surface area contributed by atoms with Gasteiger partial charge in [0.1, 0.15) is 0 Å². The quantitative estimate of drug-likeness (QED) is 0.761. The molecule has 0 saturated heterocycles. The highest BCUT2D eigenvalue weighted by Crippen LogP contribution is 2.17. The molecule has 1 N–H and O–H groups in total. The molecule has 0 aliphatic heterocycles. The molecular formula is C15H23NO. The van der Waals surface area contributed by atoms with Crippen LogP contribution in [0.4, 0.5) is 0 Å².